The fraction of sp³-hybridized carbons (Fsp3) is 0.882. The summed E-state index contributed by atoms with van der Waals surface area (Å²) in [6, 6.07) is 0.692. The molecule has 0 saturated heterocycles. The van der Waals surface area contributed by atoms with Crippen LogP contribution in [0.1, 0.15) is 61.8 Å². The Balaban J connectivity index is 0. The standard InChI is InChI=1S/C13H26N2O4.C4H11N/c1-7-18-11(16)8-9-15(10(2)3)14-12(17)19-13(4,5)6;1-4(2)5-3/h10H,7-9H2,1-6H3,(H,14,17);4-5H,1-3H3. The predicted octanol–water partition coefficient (Wildman–Crippen LogP) is 2.70. The molecule has 0 bridgehead atoms. The number of nitrogens with zero attached hydrogens (tertiary/aromatic N) is 1. The molecule has 0 aromatic heterocycles. The lowest BCUT2D eigenvalue weighted by Gasteiger charge is -2.28. The van der Waals surface area contributed by atoms with E-state index in [0.717, 1.165) is 0 Å². The topological polar surface area (TPSA) is 79.9 Å². The Morgan fingerprint density at radius 1 is 1.12 bits per heavy atom. The summed E-state index contributed by atoms with van der Waals surface area (Å²) in [5, 5.41) is 4.69. The lowest BCUT2D eigenvalue weighted by molar-refractivity contribution is -0.143. The molecule has 0 aliphatic rings. The molecule has 24 heavy (non-hydrogen) atoms. The van der Waals surface area contributed by atoms with Gasteiger partial charge in [0.1, 0.15) is 5.60 Å². The van der Waals surface area contributed by atoms with Crippen molar-refractivity contribution < 1.29 is 19.1 Å². The van der Waals surface area contributed by atoms with Crippen LogP contribution in [0.15, 0.2) is 0 Å². The number of hydrogen-bond donors (Lipinski definition) is 2. The zero-order valence-electron chi connectivity index (χ0n) is 16.9. The van der Waals surface area contributed by atoms with Crippen molar-refractivity contribution in [2.24, 2.45) is 0 Å². The number of carbonyl (C=O) groups is 2. The van der Waals surface area contributed by atoms with E-state index in [1.54, 1.807) is 32.7 Å². The molecule has 7 heteroatoms. The van der Waals surface area contributed by atoms with Crippen LogP contribution in [0.4, 0.5) is 4.79 Å². The Labute approximate surface area is 147 Å². The van der Waals surface area contributed by atoms with Crippen LogP contribution < -0.4 is 10.7 Å². The number of esters is 1. The highest BCUT2D eigenvalue weighted by molar-refractivity contribution is 5.70. The second kappa shape index (κ2) is 13.0. The summed E-state index contributed by atoms with van der Waals surface area (Å²) in [4.78, 5) is 22.9. The highest BCUT2D eigenvalue weighted by atomic mass is 16.6. The number of hydrazine groups is 1. The zero-order valence-corrected chi connectivity index (χ0v) is 16.9. The van der Waals surface area contributed by atoms with Gasteiger partial charge >= 0.3 is 12.1 Å². The Kier molecular flexibility index (Phi) is 13.5. The van der Waals surface area contributed by atoms with Crippen LogP contribution in [0, 0.1) is 0 Å². The first-order chi connectivity index (χ1) is 10.9. The minimum absolute atomic E-state index is 0.0574. The van der Waals surface area contributed by atoms with Crippen molar-refractivity contribution in [1.82, 2.24) is 15.8 Å². The minimum atomic E-state index is -0.548. The fourth-order valence-corrected chi connectivity index (χ4v) is 1.31. The number of hydrogen-bond acceptors (Lipinski definition) is 6. The molecule has 0 radical (unpaired) electrons. The summed E-state index contributed by atoms with van der Waals surface area (Å²) < 4.78 is 10.0. The summed E-state index contributed by atoms with van der Waals surface area (Å²) in [7, 11) is 1.95. The Morgan fingerprint density at radius 2 is 1.62 bits per heavy atom. The van der Waals surface area contributed by atoms with Crippen molar-refractivity contribution in [2.75, 3.05) is 20.2 Å². The number of carbonyl (C=O) groups excluding carboxylic acids is 2. The van der Waals surface area contributed by atoms with Gasteiger partial charge in [-0.05, 0) is 48.6 Å². The molecule has 7 nitrogen and oxygen atoms in total. The molecule has 2 N–H and O–H groups in total. The lowest BCUT2D eigenvalue weighted by Crippen LogP contribution is -2.49. The molecule has 144 valence electrons. The van der Waals surface area contributed by atoms with E-state index in [0.29, 0.717) is 19.2 Å². The molecule has 0 aromatic rings. The van der Waals surface area contributed by atoms with E-state index in [-0.39, 0.29) is 18.4 Å². The second-order valence-electron chi connectivity index (χ2n) is 6.90. The van der Waals surface area contributed by atoms with Crippen molar-refractivity contribution >= 4 is 12.1 Å². The third-order valence-corrected chi connectivity index (χ3v) is 2.70. The maximum Gasteiger partial charge on any atom is 0.422 e. The smallest absolute Gasteiger partial charge is 0.422 e. The van der Waals surface area contributed by atoms with E-state index in [2.05, 4.69) is 24.6 Å². The van der Waals surface area contributed by atoms with Gasteiger partial charge < -0.3 is 14.8 Å². The highest BCUT2D eigenvalue weighted by Gasteiger charge is 2.20. The van der Waals surface area contributed by atoms with Crippen molar-refractivity contribution in [1.29, 1.82) is 0 Å². The molecule has 0 fully saturated rings. The average Bonchev–Trinajstić information content (AvgIpc) is 2.42. The van der Waals surface area contributed by atoms with Gasteiger partial charge in [0.25, 0.3) is 0 Å². The molecular formula is C17H37N3O4. The maximum absolute atomic E-state index is 11.7. The van der Waals surface area contributed by atoms with E-state index in [1.165, 1.54) is 0 Å². The molecule has 0 aliphatic heterocycles. The SMILES string of the molecule is CCOC(=O)CCN(NC(=O)OC(C)(C)C)C(C)C.CNC(C)C. The highest BCUT2D eigenvalue weighted by Crippen LogP contribution is 2.07. The Morgan fingerprint density at radius 3 is 1.96 bits per heavy atom. The van der Waals surface area contributed by atoms with Gasteiger partial charge in [-0.3, -0.25) is 10.2 Å². The molecule has 0 spiro atoms. The first kappa shape index (κ1) is 24.9. The van der Waals surface area contributed by atoms with E-state index in [9.17, 15) is 9.59 Å². The van der Waals surface area contributed by atoms with E-state index < -0.39 is 11.7 Å². The maximum atomic E-state index is 11.7. The van der Waals surface area contributed by atoms with Gasteiger partial charge in [-0.2, -0.15) is 0 Å². The third kappa shape index (κ3) is 17.0. The number of nitrogens with one attached hydrogen (secondary N) is 2. The summed E-state index contributed by atoms with van der Waals surface area (Å²) in [6.45, 7) is 16.0. The largest absolute Gasteiger partial charge is 0.466 e. The molecule has 0 rings (SSSR count). The monoisotopic (exact) mass is 347 g/mol. The first-order valence-corrected chi connectivity index (χ1v) is 8.52. The van der Waals surface area contributed by atoms with Gasteiger partial charge in [-0.25, -0.2) is 9.80 Å². The van der Waals surface area contributed by atoms with Gasteiger partial charge in [0.05, 0.1) is 13.0 Å². The van der Waals surface area contributed by atoms with Crippen molar-refractivity contribution in [2.45, 2.75) is 79.5 Å². The van der Waals surface area contributed by atoms with Gasteiger partial charge in [-0.15, -0.1) is 0 Å². The molecule has 0 aromatic carbocycles. The van der Waals surface area contributed by atoms with E-state index >= 15 is 0 Å². The summed E-state index contributed by atoms with van der Waals surface area (Å²) in [5.41, 5.74) is 2.09. The van der Waals surface area contributed by atoms with Crippen LogP contribution in [0.3, 0.4) is 0 Å². The third-order valence-electron chi connectivity index (χ3n) is 2.70. The molecule has 0 aliphatic carbocycles. The lowest BCUT2D eigenvalue weighted by atomic mass is 10.2. The van der Waals surface area contributed by atoms with Gasteiger partial charge in [0.2, 0.25) is 0 Å². The summed E-state index contributed by atoms with van der Waals surface area (Å²) >= 11 is 0. The van der Waals surface area contributed by atoms with E-state index in [1.807, 2.05) is 20.9 Å². The fourth-order valence-electron chi connectivity index (χ4n) is 1.31. The van der Waals surface area contributed by atoms with Crippen LogP contribution in [0.5, 0.6) is 0 Å². The Hall–Kier alpha value is -1.34. The van der Waals surface area contributed by atoms with Crippen molar-refractivity contribution in [3.8, 4) is 0 Å². The Bertz CT molecular complexity index is 352. The number of ether oxygens (including phenoxy) is 2. The normalized spacial score (nSPS) is 11.2. The molecule has 0 unspecified atom stereocenters. The van der Waals surface area contributed by atoms with Gasteiger partial charge in [-0.1, -0.05) is 13.8 Å². The number of amides is 1. The quantitative estimate of drug-likeness (QED) is 0.544. The van der Waals surface area contributed by atoms with Crippen LogP contribution in [0.2, 0.25) is 0 Å². The molecule has 0 atom stereocenters. The van der Waals surface area contributed by atoms with Crippen molar-refractivity contribution in [3.63, 3.8) is 0 Å². The van der Waals surface area contributed by atoms with Gasteiger partial charge in [0.15, 0.2) is 0 Å². The summed E-state index contributed by atoms with van der Waals surface area (Å²) in [6.07, 6.45) is -0.299. The molecular weight excluding hydrogens is 310 g/mol. The number of rotatable bonds is 7. The van der Waals surface area contributed by atoms with Crippen molar-refractivity contribution in [3.05, 3.63) is 0 Å². The zero-order chi connectivity index (χ0) is 19.3. The van der Waals surface area contributed by atoms with Gasteiger partial charge in [0, 0.05) is 18.6 Å². The first-order valence-electron chi connectivity index (χ1n) is 8.52. The predicted molar refractivity (Wildman–Crippen MR) is 96.7 cm³/mol. The van der Waals surface area contributed by atoms with Crippen LogP contribution in [-0.4, -0.2) is 55.0 Å². The molecule has 0 heterocycles. The van der Waals surface area contributed by atoms with E-state index in [4.69, 9.17) is 9.47 Å². The van der Waals surface area contributed by atoms with Crippen LogP contribution in [0.25, 0.3) is 0 Å². The minimum Gasteiger partial charge on any atom is -0.466 e. The van der Waals surface area contributed by atoms with Crippen LogP contribution >= 0.6 is 0 Å². The summed E-state index contributed by atoms with van der Waals surface area (Å²) in [5.74, 6) is -0.279. The average molecular weight is 348 g/mol. The van der Waals surface area contributed by atoms with Crippen LogP contribution in [-0.2, 0) is 14.3 Å². The molecule has 0 saturated carbocycles. The second-order valence-corrected chi connectivity index (χ2v) is 6.90. The molecule has 1 amide bonds.